The van der Waals surface area contributed by atoms with E-state index >= 15 is 0 Å². The average molecular weight is 285 g/mol. The number of nitrogens with zero attached hydrogens (tertiary/aromatic N) is 3. The highest BCUT2D eigenvalue weighted by Gasteiger charge is 2.59. The number of hydrogen-bond acceptors (Lipinski definition) is 6. The van der Waals surface area contributed by atoms with Crippen LogP contribution in [0.1, 0.15) is 27.7 Å². The maximum absolute atomic E-state index is 8.69. The lowest BCUT2D eigenvalue weighted by Gasteiger charge is -2.29. The van der Waals surface area contributed by atoms with Crippen molar-refractivity contribution in [3.8, 4) is 0 Å². The fraction of sp³-hybridized carbons (Fsp3) is 1.00. The second kappa shape index (κ2) is 4.56. The van der Waals surface area contributed by atoms with E-state index in [1.54, 1.807) is 0 Å². The molecule has 0 bridgehead atoms. The van der Waals surface area contributed by atoms with Crippen LogP contribution in [0.15, 0.2) is 5.11 Å². The zero-order valence-corrected chi connectivity index (χ0v) is 12.0. The highest BCUT2D eigenvalue weighted by Crippen LogP contribution is 2.42. The summed E-state index contributed by atoms with van der Waals surface area (Å²) in [5, 5.41) is 3.75. The lowest BCUT2D eigenvalue weighted by atomic mass is 10.0. The van der Waals surface area contributed by atoms with Gasteiger partial charge in [-0.2, -0.15) is 0 Å². The van der Waals surface area contributed by atoms with Crippen LogP contribution >= 0.6 is 0 Å². The zero-order chi connectivity index (χ0) is 14.5. The Bertz CT molecular complexity index is 448. The Hall–Kier alpha value is -0.890. The Morgan fingerprint density at radius 1 is 1.00 bits per heavy atom. The molecule has 0 unspecified atom stereocenters. The van der Waals surface area contributed by atoms with Gasteiger partial charge in [0.15, 0.2) is 17.9 Å². The first-order valence-corrected chi connectivity index (χ1v) is 6.68. The number of azide groups is 1. The first-order chi connectivity index (χ1) is 9.31. The fourth-order valence-electron chi connectivity index (χ4n) is 2.86. The minimum absolute atomic E-state index is 0.237. The number of rotatable bonds is 1. The minimum Gasteiger partial charge on any atom is -0.350 e. The predicted molar refractivity (Wildman–Crippen MR) is 66.5 cm³/mol. The van der Waals surface area contributed by atoms with Crippen LogP contribution in [0.3, 0.4) is 0 Å². The molecule has 3 aliphatic rings. The van der Waals surface area contributed by atoms with Crippen LogP contribution in [-0.2, 0) is 23.7 Å². The molecule has 0 N–H and O–H groups in total. The summed E-state index contributed by atoms with van der Waals surface area (Å²) in [5.41, 5.74) is 8.69. The van der Waals surface area contributed by atoms with Crippen molar-refractivity contribution in [3.63, 3.8) is 0 Å². The Kier molecular flexibility index (Phi) is 3.20. The fourth-order valence-corrected chi connectivity index (χ4v) is 2.86. The van der Waals surface area contributed by atoms with Crippen LogP contribution in [0.4, 0.5) is 0 Å². The second-order valence-corrected chi connectivity index (χ2v) is 6.13. The maximum atomic E-state index is 8.69. The zero-order valence-electron chi connectivity index (χ0n) is 12.0. The Labute approximate surface area is 116 Å². The van der Waals surface area contributed by atoms with Gasteiger partial charge in [-0.3, -0.25) is 0 Å². The van der Waals surface area contributed by atoms with Crippen molar-refractivity contribution in [1.82, 2.24) is 0 Å². The summed E-state index contributed by atoms with van der Waals surface area (Å²) in [5.74, 6) is -1.51. The third-order valence-corrected chi connectivity index (χ3v) is 3.63. The number of ether oxygens (including phenoxy) is 5. The van der Waals surface area contributed by atoms with Gasteiger partial charge in [0.2, 0.25) is 0 Å². The van der Waals surface area contributed by atoms with Crippen LogP contribution in [0.25, 0.3) is 10.4 Å². The molecule has 3 fully saturated rings. The molecule has 3 heterocycles. The minimum atomic E-state index is -0.795. The van der Waals surface area contributed by atoms with E-state index in [-0.39, 0.29) is 12.7 Å². The number of fused-ring (bicyclic) bond motifs is 3. The van der Waals surface area contributed by atoms with E-state index in [0.29, 0.717) is 0 Å². The molecule has 0 aromatic carbocycles. The molecule has 0 radical (unpaired) electrons. The first kappa shape index (κ1) is 14.1. The lowest BCUT2D eigenvalue weighted by Crippen LogP contribution is -2.43. The second-order valence-electron chi connectivity index (χ2n) is 6.13. The molecule has 0 spiro atoms. The molecule has 0 aromatic heterocycles. The van der Waals surface area contributed by atoms with Gasteiger partial charge in [-0.15, -0.1) is 0 Å². The van der Waals surface area contributed by atoms with E-state index in [9.17, 15) is 0 Å². The molecule has 3 saturated heterocycles. The van der Waals surface area contributed by atoms with E-state index in [4.69, 9.17) is 29.2 Å². The van der Waals surface area contributed by atoms with Gasteiger partial charge in [-0.05, 0) is 33.2 Å². The Balaban J connectivity index is 1.88. The highest BCUT2D eigenvalue weighted by molar-refractivity contribution is 5.01. The summed E-state index contributed by atoms with van der Waals surface area (Å²) >= 11 is 0. The van der Waals surface area contributed by atoms with Gasteiger partial charge in [-0.25, -0.2) is 0 Å². The maximum Gasteiger partial charge on any atom is 0.190 e. The number of hydrogen-bond donors (Lipinski definition) is 0. The van der Waals surface area contributed by atoms with Crippen LogP contribution in [-0.4, -0.2) is 48.8 Å². The van der Waals surface area contributed by atoms with Gasteiger partial charge in [0.25, 0.3) is 0 Å². The molecule has 8 heteroatoms. The SMILES string of the molecule is CC1(C)OC[C@@H](N=[N+]=[N-])[C@H]2O[C@@H]3OC(C)(C)O[C@@H]3[C@H]2O1. The summed E-state index contributed by atoms with van der Waals surface area (Å²) in [7, 11) is 0. The normalized spacial score (nSPS) is 45.1. The Morgan fingerprint density at radius 2 is 1.70 bits per heavy atom. The molecular formula is C12H19N3O5. The average Bonchev–Trinajstić information content (AvgIpc) is 2.74. The molecule has 0 aromatic rings. The monoisotopic (exact) mass is 285 g/mol. The van der Waals surface area contributed by atoms with Crippen molar-refractivity contribution in [1.29, 1.82) is 0 Å². The molecule has 3 rings (SSSR count). The first-order valence-electron chi connectivity index (χ1n) is 6.68. The molecule has 0 amide bonds. The summed E-state index contributed by atoms with van der Waals surface area (Å²) in [6, 6.07) is -0.465. The standard InChI is InChI=1S/C12H19N3O5/c1-11(2)16-5-6(14-15-13)7-8(18-11)9-10(17-7)20-12(3,4)19-9/h6-10H,5H2,1-4H3/t6-,7-,8+,9-,10-/m1/s1. The van der Waals surface area contributed by atoms with Crippen molar-refractivity contribution in [3.05, 3.63) is 10.4 Å². The van der Waals surface area contributed by atoms with Gasteiger partial charge >= 0.3 is 0 Å². The van der Waals surface area contributed by atoms with Crippen molar-refractivity contribution in [2.45, 2.75) is 69.9 Å². The topological polar surface area (TPSA) is 94.9 Å². The van der Waals surface area contributed by atoms with E-state index in [2.05, 4.69) is 10.0 Å². The largest absolute Gasteiger partial charge is 0.350 e. The van der Waals surface area contributed by atoms with Gasteiger partial charge < -0.3 is 23.7 Å². The molecule has 0 aliphatic carbocycles. The van der Waals surface area contributed by atoms with Crippen molar-refractivity contribution < 1.29 is 23.7 Å². The molecule has 0 saturated carbocycles. The predicted octanol–water partition coefficient (Wildman–Crippen LogP) is 1.69. The van der Waals surface area contributed by atoms with Crippen LogP contribution < -0.4 is 0 Å². The van der Waals surface area contributed by atoms with Crippen LogP contribution in [0.5, 0.6) is 0 Å². The van der Waals surface area contributed by atoms with Gasteiger partial charge in [0.05, 0.1) is 12.6 Å². The summed E-state index contributed by atoms with van der Waals surface area (Å²) in [6.45, 7) is 7.52. The molecule has 3 aliphatic heterocycles. The van der Waals surface area contributed by atoms with Gasteiger partial charge in [0, 0.05) is 4.91 Å². The van der Waals surface area contributed by atoms with E-state index in [1.165, 1.54) is 0 Å². The van der Waals surface area contributed by atoms with E-state index in [1.807, 2.05) is 27.7 Å². The highest BCUT2D eigenvalue weighted by atomic mass is 16.9. The van der Waals surface area contributed by atoms with Gasteiger partial charge in [-0.1, -0.05) is 5.11 Å². The van der Waals surface area contributed by atoms with Crippen molar-refractivity contribution in [2.75, 3.05) is 6.61 Å². The van der Waals surface area contributed by atoms with Crippen LogP contribution in [0.2, 0.25) is 0 Å². The summed E-state index contributed by atoms with van der Waals surface area (Å²) < 4.78 is 29.0. The van der Waals surface area contributed by atoms with E-state index < -0.39 is 36.1 Å². The van der Waals surface area contributed by atoms with Gasteiger partial charge in [0.1, 0.15) is 18.3 Å². The third-order valence-electron chi connectivity index (χ3n) is 3.63. The lowest BCUT2D eigenvalue weighted by molar-refractivity contribution is -0.253. The Morgan fingerprint density at radius 3 is 2.40 bits per heavy atom. The van der Waals surface area contributed by atoms with E-state index in [0.717, 1.165) is 0 Å². The summed E-state index contributed by atoms with van der Waals surface area (Å²) in [6.07, 6.45) is -1.69. The molecule has 20 heavy (non-hydrogen) atoms. The quantitative estimate of drug-likeness (QED) is 0.415. The smallest absolute Gasteiger partial charge is 0.190 e. The van der Waals surface area contributed by atoms with Crippen molar-refractivity contribution >= 4 is 0 Å². The molecule has 5 atom stereocenters. The van der Waals surface area contributed by atoms with Crippen molar-refractivity contribution in [2.24, 2.45) is 5.11 Å². The molecule has 112 valence electrons. The molecular weight excluding hydrogens is 266 g/mol. The molecule has 8 nitrogen and oxygen atoms in total. The summed E-state index contributed by atoms with van der Waals surface area (Å²) in [4.78, 5) is 2.86. The third kappa shape index (κ3) is 2.39. The van der Waals surface area contributed by atoms with Crippen LogP contribution in [0, 0.1) is 0 Å².